The summed E-state index contributed by atoms with van der Waals surface area (Å²) in [6, 6.07) is 8.66. The fourth-order valence-corrected chi connectivity index (χ4v) is 8.71. The summed E-state index contributed by atoms with van der Waals surface area (Å²) in [5.74, 6) is -1.63. The van der Waals surface area contributed by atoms with Gasteiger partial charge in [0.2, 0.25) is 23.6 Å². The molecule has 4 N–H and O–H groups in total. The first-order valence-corrected chi connectivity index (χ1v) is 22.3. The van der Waals surface area contributed by atoms with Gasteiger partial charge in [-0.3, -0.25) is 19.2 Å². The molecule has 3 aromatic rings. The number of unbranched alkanes of at least 4 members (excludes halogenated alkanes) is 7. The number of benzene rings is 2. The second kappa shape index (κ2) is 22.0. The van der Waals surface area contributed by atoms with Crippen LogP contribution in [0.1, 0.15) is 112 Å². The highest BCUT2D eigenvalue weighted by molar-refractivity contribution is 6.11. The summed E-state index contributed by atoms with van der Waals surface area (Å²) in [6.07, 6.45) is 10.3. The quantitative estimate of drug-likeness (QED) is 0.0893. The van der Waals surface area contributed by atoms with Gasteiger partial charge in [0.05, 0.1) is 25.3 Å². The molecule has 334 valence electrons. The minimum atomic E-state index is -0.828. The van der Waals surface area contributed by atoms with Crippen LogP contribution < -0.4 is 21.3 Å². The molecular formula is C46H67N7O8. The lowest BCUT2D eigenvalue weighted by Crippen LogP contribution is -2.54. The molecule has 2 saturated heterocycles. The first-order valence-electron chi connectivity index (χ1n) is 22.3. The van der Waals surface area contributed by atoms with Crippen LogP contribution in [0.5, 0.6) is 0 Å². The molecular weight excluding hydrogens is 779 g/mol. The lowest BCUT2D eigenvalue weighted by molar-refractivity contribution is -0.139. The molecule has 2 fully saturated rings. The van der Waals surface area contributed by atoms with Crippen molar-refractivity contribution in [3.63, 3.8) is 0 Å². The van der Waals surface area contributed by atoms with Gasteiger partial charge in [0.25, 0.3) is 0 Å². The molecule has 2 aliphatic rings. The van der Waals surface area contributed by atoms with Gasteiger partial charge in [-0.2, -0.15) is 0 Å². The Morgan fingerprint density at radius 2 is 1.03 bits per heavy atom. The highest BCUT2D eigenvalue weighted by Gasteiger charge is 2.40. The van der Waals surface area contributed by atoms with E-state index in [1.54, 1.807) is 9.80 Å². The standard InChI is InChI=1S/C46H67N7O8/c1-8-9-10-11-12-13-14-15-24-51-37-27-31(47-41(54)35-18-16-25-52(35)43(56)39(29(2)3)49-45(58)60-6)20-22-33(37)34-23-21-32(28-38(34)51)48-42(55)36-19-17-26-53(36)44(57)40(30(4)5)50-46(59)61-7/h20-23,27-30,35-36,39-40H,8-19,24-26H2,1-7H3,(H,47,54)(H,48,55)(H,49,58)(H,50,59)/t35-,36-,39+,40+/m0/s1. The van der Waals surface area contributed by atoms with Crippen molar-refractivity contribution in [1.29, 1.82) is 0 Å². The molecule has 5 rings (SSSR count). The van der Waals surface area contributed by atoms with Crippen molar-refractivity contribution in [2.75, 3.05) is 37.9 Å². The fraction of sp³-hybridized carbons (Fsp3) is 0.609. The Labute approximate surface area is 360 Å². The Bertz CT molecular complexity index is 1900. The van der Waals surface area contributed by atoms with Crippen molar-refractivity contribution in [1.82, 2.24) is 25.0 Å². The Balaban J connectivity index is 1.39. The minimum absolute atomic E-state index is 0.212. The molecule has 4 atom stereocenters. The number of nitrogens with one attached hydrogen (secondary N) is 4. The van der Waals surface area contributed by atoms with E-state index in [0.717, 1.165) is 47.6 Å². The van der Waals surface area contributed by atoms with E-state index in [2.05, 4.69) is 32.8 Å². The zero-order chi connectivity index (χ0) is 44.2. The Morgan fingerprint density at radius 1 is 0.623 bits per heavy atom. The summed E-state index contributed by atoms with van der Waals surface area (Å²) in [4.78, 5) is 82.3. The molecule has 0 spiro atoms. The zero-order valence-electron chi connectivity index (χ0n) is 37.1. The number of nitrogens with zero attached hydrogens (tertiary/aromatic N) is 3. The molecule has 2 aromatic carbocycles. The van der Waals surface area contributed by atoms with Crippen molar-refractivity contribution in [2.24, 2.45) is 11.8 Å². The number of likely N-dealkylation sites (tertiary alicyclic amines) is 2. The van der Waals surface area contributed by atoms with Gasteiger partial charge >= 0.3 is 12.2 Å². The lowest BCUT2D eigenvalue weighted by atomic mass is 10.0. The van der Waals surface area contributed by atoms with E-state index in [1.807, 2.05) is 64.1 Å². The topological polar surface area (TPSA) is 180 Å². The van der Waals surface area contributed by atoms with Crippen molar-refractivity contribution in [2.45, 2.75) is 142 Å². The van der Waals surface area contributed by atoms with Crippen LogP contribution in [-0.4, -0.2) is 102 Å². The van der Waals surface area contributed by atoms with Crippen LogP contribution in [0.4, 0.5) is 21.0 Å². The van der Waals surface area contributed by atoms with Gasteiger partial charge in [-0.15, -0.1) is 0 Å². The number of methoxy groups -OCH3 is 2. The maximum atomic E-state index is 13.9. The average Bonchev–Trinajstić information content (AvgIpc) is 4.00. The zero-order valence-corrected chi connectivity index (χ0v) is 37.1. The van der Waals surface area contributed by atoms with E-state index in [0.29, 0.717) is 50.1 Å². The second-order valence-corrected chi connectivity index (χ2v) is 17.2. The van der Waals surface area contributed by atoms with Crippen molar-refractivity contribution in [3.8, 4) is 0 Å². The first kappa shape index (κ1) is 46.7. The summed E-state index contributed by atoms with van der Waals surface area (Å²) in [6.45, 7) is 11.1. The highest BCUT2D eigenvalue weighted by Crippen LogP contribution is 2.34. The number of hydrogen-bond donors (Lipinski definition) is 4. The molecule has 0 bridgehead atoms. The molecule has 15 heteroatoms. The van der Waals surface area contributed by atoms with Gasteiger partial charge in [0, 0.05) is 41.8 Å². The predicted octanol–water partition coefficient (Wildman–Crippen LogP) is 7.56. The van der Waals surface area contributed by atoms with Crippen LogP contribution in [-0.2, 0) is 35.2 Å². The van der Waals surface area contributed by atoms with Crippen LogP contribution in [0.25, 0.3) is 21.8 Å². The lowest BCUT2D eigenvalue weighted by Gasteiger charge is -2.30. The van der Waals surface area contributed by atoms with Crippen LogP contribution in [0.2, 0.25) is 0 Å². The van der Waals surface area contributed by atoms with Gasteiger partial charge in [-0.05, 0) is 68.2 Å². The number of carbonyl (C=O) groups excluding carboxylic acids is 6. The van der Waals surface area contributed by atoms with Crippen molar-refractivity contribution in [3.05, 3.63) is 36.4 Å². The highest BCUT2D eigenvalue weighted by atomic mass is 16.5. The molecule has 0 aliphatic carbocycles. The van der Waals surface area contributed by atoms with E-state index in [1.165, 1.54) is 46.3 Å². The SMILES string of the molecule is CCCCCCCCCCn1c2cc(NC(=O)[C@@H]3CCCN3C(=O)[C@H](NC(=O)OC)C(C)C)ccc2c2ccc(NC(=O)[C@@H]3CCCN3C(=O)[C@H](NC(=O)OC)C(C)C)cc21. The summed E-state index contributed by atoms with van der Waals surface area (Å²) in [5.41, 5.74) is 3.08. The molecule has 6 amide bonds. The number of carbonyl (C=O) groups is 6. The number of rotatable bonds is 19. The minimum Gasteiger partial charge on any atom is -0.453 e. The molecule has 1 aromatic heterocycles. The van der Waals surface area contributed by atoms with Gasteiger partial charge in [0.1, 0.15) is 24.2 Å². The van der Waals surface area contributed by atoms with E-state index >= 15 is 0 Å². The molecule has 2 aliphatic heterocycles. The average molecular weight is 846 g/mol. The normalized spacial score (nSPS) is 17.5. The van der Waals surface area contributed by atoms with Crippen LogP contribution in [0, 0.1) is 11.8 Å². The number of hydrogen-bond acceptors (Lipinski definition) is 8. The number of alkyl carbamates (subject to hydrolysis) is 2. The smallest absolute Gasteiger partial charge is 0.407 e. The Hall–Kier alpha value is -5.34. The largest absolute Gasteiger partial charge is 0.453 e. The molecule has 0 unspecified atom stereocenters. The summed E-state index contributed by atoms with van der Waals surface area (Å²) in [5, 5.41) is 13.4. The number of fused-ring (bicyclic) bond motifs is 3. The Kier molecular flexibility index (Phi) is 16.8. The van der Waals surface area contributed by atoms with Gasteiger partial charge in [-0.1, -0.05) is 91.7 Å². The molecule has 61 heavy (non-hydrogen) atoms. The monoisotopic (exact) mass is 846 g/mol. The number of ether oxygens (including phenoxy) is 2. The van der Waals surface area contributed by atoms with Gasteiger partial charge in [0.15, 0.2) is 0 Å². The van der Waals surface area contributed by atoms with Crippen molar-refractivity contribution >= 4 is 69.0 Å². The van der Waals surface area contributed by atoms with Crippen LogP contribution in [0.3, 0.4) is 0 Å². The van der Waals surface area contributed by atoms with E-state index < -0.39 is 36.4 Å². The number of anilines is 2. The van der Waals surface area contributed by atoms with Gasteiger partial charge < -0.3 is 45.1 Å². The maximum absolute atomic E-state index is 13.9. The molecule has 0 radical (unpaired) electrons. The summed E-state index contributed by atoms with van der Waals surface area (Å²) >= 11 is 0. The van der Waals surface area contributed by atoms with E-state index in [9.17, 15) is 28.8 Å². The second-order valence-electron chi connectivity index (χ2n) is 17.2. The third-order valence-corrected chi connectivity index (χ3v) is 12.1. The summed E-state index contributed by atoms with van der Waals surface area (Å²) < 4.78 is 11.8. The molecule has 3 heterocycles. The molecule has 0 saturated carbocycles. The fourth-order valence-electron chi connectivity index (χ4n) is 8.71. The Morgan fingerprint density at radius 3 is 1.43 bits per heavy atom. The number of amides is 6. The first-order chi connectivity index (χ1) is 29.3. The summed E-state index contributed by atoms with van der Waals surface area (Å²) in [7, 11) is 2.50. The predicted molar refractivity (Wildman–Crippen MR) is 237 cm³/mol. The number of aromatic nitrogens is 1. The third kappa shape index (κ3) is 11.5. The van der Waals surface area contributed by atoms with Crippen LogP contribution in [0.15, 0.2) is 36.4 Å². The van der Waals surface area contributed by atoms with E-state index in [-0.39, 0.29) is 35.5 Å². The van der Waals surface area contributed by atoms with Crippen LogP contribution >= 0.6 is 0 Å². The third-order valence-electron chi connectivity index (χ3n) is 12.1. The number of aryl methyl sites for hydroxylation is 1. The maximum Gasteiger partial charge on any atom is 0.407 e. The molecule has 15 nitrogen and oxygen atoms in total. The van der Waals surface area contributed by atoms with Gasteiger partial charge in [-0.25, -0.2) is 9.59 Å². The van der Waals surface area contributed by atoms with Crippen molar-refractivity contribution < 1.29 is 38.2 Å². The van der Waals surface area contributed by atoms with E-state index in [4.69, 9.17) is 9.47 Å².